The molecule has 0 N–H and O–H groups in total. The molecule has 0 spiro atoms. The molecule has 0 atom stereocenters. The van der Waals surface area contributed by atoms with E-state index in [9.17, 15) is 0 Å². The number of rotatable bonds is 3. The second-order valence-corrected chi connectivity index (χ2v) is 6.45. The highest BCUT2D eigenvalue weighted by atomic mass is 15.5. The van der Waals surface area contributed by atoms with Gasteiger partial charge in [0.25, 0.3) is 0 Å². The highest BCUT2D eigenvalue weighted by molar-refractivity contribution is 6.05. The van der Waals surface area contributed by atoms with Gasteiger partial charge in [-0.2, -0.15) is 5.10 Å². The predicted octanol–water partition coefficient (Wildman–Crippen LogP) is 3.75. The van der Waals surface area contributed by atoms with Crippen LogP contribution in [0.2, 0.25) is 0 Å². The standard InChI is InChI=1S/C20H22N4/c1-15-7-3-4-9-20(15)24-14-18-16(2)23(12-10-19(18)22-24)13-17-8-5-6-11-21-17/h3-9,11H,10,12-14H2,1-2H3. The molecule has 2 aliphatic rings. The van der Waals surface area contributed by atoms with Gasteiger partial charge < -0.3 is 4.90 Å². The maximum absolute atomic E-state index is 4.88. The van der Waals surface area contributed by atoms with Crippen molar-refractivity contribution < 1.29 is 0 Å². The Kier molecular flexibility index (Phi) is 3.81. The van der Waals surface area contributed by atoms with Gasteiger partial charge in [-0.05, 0) is 37.6 Å². The monoisotopic (exact) mass is 318 g/mol. The summed E-state index contributed by atoms with van der Waals surface area (Å²) >= 11 is 0. The van der Waals surface area contributed by atoms with E-state index in [4.69, 9.17) is 5.10 Å². The zero-order valence-corrected chi connectivity index (χ0v) is 14.2. The van der Waals surface area contributed by atoms with Gasteiger partial charge in [-0.3, -0.25) is 9.99 Å². The molecule has 0 aliphatic carbocycles. The number of hydrazone groups is 1. The number of fused-ring (bicyclic) bond motifs is 1. The zero-order valence-electron chi connectivity index (χ0n) is 14.2. The summed E-state index contributed by atoms with van der Waals surface area (Å²) in [5.74, 6) is 0. The van der Waals surface area contributed by atoms with E-state index in [1.165, 1.54) is 28.2 Å². The molecule has 4 nitrogen and oxygen atoms in total. The third-order valence-corrected chi connectivity index (χ3v) is 4.90. The van der Waals surface area contributed by atoms with Gasteiger partial charge in [0.1, 0.15) is 0 Å². The van der Waals surface area contributed by atoms with E-state index in [-0.39, 0.29) is 0 Å². The van der Waals surface area contributed by atoms with Gasteiger partial charge in [0.15, 0.2) is 0 Å². The largest absolute Gasteiger partial charge is 0.368 e. The molecule has 1 aromatic carbocycles. The van der Waals surface area contributed by atoms with E-state index in [0.717, 1.165) is 31.7 Å². The number of anilines is 1. The molecular formula is C20H22N4. The van der Waals surface area contributed by atoms with Gasteiger partial charge in [-0.1, -0.05) is 24.3 Å². The topological polar surface area (TPSA) is 31.7 Å². The number of aromatic nitrogens is 1. The molecule has 24 heavy (non-hydrogen) atoms. The third kappa shape index (κ3) is 2.68. The molecule has 0 saturated heterocycles. The van der Waals surface area contributed by atoms with Crippen LogP contribution < -0.4 is 5.01 Å². The van der Waals surface area contributed by atoms with Crippen LogP contribution in [-0.4, -0.2) is 28.7 Å². The Morgan fingerprint density at radius 2 is 1.88 bits per heavy atom. The summed E-state index contributed by atoms with van der Waals surface area (Å²) in [6.45, 7) is 7.10. The Morgan fingerprint density at radius 3 is 2.67 bits per heavy atom. The van der Waals surface area contributed by atoms with E-state index in [1.54, 1.807) is 0 Å². The van der Waals surface area contributed by atoms with Crippen molar-refractivity contribution in [2.45, 2.75) is 26.8 Å². The molecule has 2 aliphatic heterocycles. The lowest BCUT2D eigenvalue weighted by atomic mass is 10.0. The van der Waals surface area contributed by atoms with E-state index >= 15 is 0 Å². The maximum atomic E-state index is 4.88. The van der Waals surface area contributed by atoms with Crippen molar-refractivity contribution in [2.75, 3.05) is 18.1 Å². The third-order valence-electron chi connectivity index (χ3n) is 4.90. The van der Waals surface area contributed by atoms with Crippen LogP contribution in [0.3, 0.4) is 0 Å². The lowest BCUT2D eigenvalue weighted by Gasteiger charge is -2.30. The van der Waals surface area contributed by atoms with E-state index in [1.807, 2.05) is 12.3 Å². The fraction of sp³-hybridized carbons (Fsp3) is 0.300. The summed E-state index contributed by atoms with van der Waals surface area (Å²) in [6, 6.07) is 14.6. The summed E-state index contributed by atoms with van der Waals surface area (Å²) in [7, 11) is 0. The Labute approximate surface area is 143 Å². The molecular weight excluding hydrogens is 296 g/mol. The molecule has 0 unspecified atom stereocenters. The van der Waals surface area contributed by atoms with Gasteiger partial charge in [0.05, 0.1) is 30.2 Å². The molecule has 2 aromatic rings. The average molecular weight is 318 g/mol. The Morgan fingerprint density at radius 1 is 1.04 bits per heavy atom. The number of aryl methyl sites for hydroxylation is 1. The second kappa shape index (κ2) is 6.11. The number of allylic oxidation sites excluding steroid dienone is 1. The Balaban J connectivity index is 1.59. The quantitative estimate of drug-likeness (QED) is 0.864. The van der Waals surface area contributed by atoms with Crippen molar-refractivity contribution in [3.63, 3.8) is 0 Å². The van der Waals surface area contributed by atoms with Crippen molar-refractivity contribution in [3.05, 3.63) is 71.2 Å². The van der Waals surface area contributed by atoms with Crippen molar-refractivity contribution >= 4 is 11.4 Å². The van der Waals surface area contributed by atoms with Gasteiger partial charge in [-0.25, -0.2) is 0 Å². The molecule has 1 aromatic heterocycles. The van der Waals surface area contributed by atoms with Crippen molar-refractivity contribution in [1.29, 1.82) is 0 Å². The summed E-state index contributed by atoms with van der Waals surface area (Å²) in [6.07, 6.45) is 2.87. The first-order valence-corrected chi connectivity index (χ1v) is 8.48. The zero-order chi connectivity index (χ0) is 16.5. The van der Waals surface area contributed by atoms with Crippen LogP contribution in [0.5, 0.6) is 0 Å². The molecule has 4 heteroatoms. The normalized spacial score (nSPS) is 17.2. The molecule has 0 bridgehead atoms. The van der Waals surface area contributed by atoms with E-state index < -0.39 is 0 Å². The molecule has 3 heterocycles. The number of benzene rings is 1. The molecule has 0 radical (unpaired) electrons. The minimum absolute atomic E-state index is 0.866. The average Bonchev–Trinajstić information content (AvgIpc) is 3.04. The van der Waals surface area contributed by atoms with E-state index in [0.29, 0.717) is 0 Å². The minimum Gasteiger partial charge on any atom is -0.368 e. The lowest BCUT2D eigenvalue weighted by Crippen LogP contribution is -2.31. The molecule has 0 amide bonds. The number of nitrogens with zero attached hydrogens (tertiary/aromatic N) is 4. The van der Waals surface area contributed by atoms with Gasteiger partial charge >= 0.3 is 0 Å². The highest BCUT2D eigenvalue weighted by Gasteiger charge is 2.29. The van der Waals surface area contributed by atoms with Crippen molar-refractivity contribution in [3.8, 4) is 0 Å². The first kappa shape index (κ1) is 14.9. The minimum atomic E-state index is 0.866. The smallest absolute Gasteiger partial charge is 0.0702 e. The number of para-hydroxylation sites is 1. The first-order chi connectivity index (χ1) is 11.7. The second-order valence-electron chi connectivity index (χ2n) is 6.45. The highest BCUT2D eigenvalue weighted by Crippen LogP contribution is 2.31. The number of hydrogen-bond donors (Lipinski definition) is 0. The summed E-state index contributed by atoms with van der Waals surface area (Å²) < 4.78 is 0. The first-order valence-electron chi connectivity index (χ1n) is 8.48. The van der Waals surface area contributed by atoms with Crippen LogP contribution in [0.25, 0.3) is 0 Å². The number of hydrogen-bond acceptors (Lipinski definition) is 4. The van der Waals surface area contributed by atoms with Gasteiger partial charge in [0.2, 0.25) is 0 Å². The summed E-state index contributed by atoms with van der Waals surface area (Å²) in [4.78, 5) is 6.89. The van der Waals surface area contributed by atoms with Crippen LogP contribution >= 0.6 is 0 Å². The van der Waals surface area contributed by atoms with Crippen molar-refractivity contribution in [1.82, 2.24) is 9.88 Å². The fourth-order valence-corrected chi connectivity index (χ4v) is 3.48. The van der Waals surface area contributed by atoms with E-state index in [2.05, 4.69) is 65.1 Å². The summed E-state index contributed by atoms with van der Waals surface area (Å²) in [5.41, 5.74) is 7.54. The number of pyridine rings is 1. The fourth-order valence-electron chi connectivity index (χ4n) is 3.48. The van der Waals surface area contributed by atoms with Crippen LogP contribution in [0.15, 0.2) is 65.0 Å². The molecule has 122 valence electrons. The van der Waals surface area contributed by atoms with Gasteiger partial charge in [-0.15, -0.1) is 0 Å². The lowest BCUT2D eigenvalue weighted by molar-refractivity contribution is 0.334. The SMILES string of the molecule is CC1=C2CN(c3ccccc3C)N=C2CCN1Cc1ccccn1. The van der Waals surface area contributed by atoms with Crippen LogP contribution in [0, 0.1) is 6.92 Å². The Hall–Kier alpha value is -2.62. The van der Waals surface area contributed by atoms with Crippen LogP contribution in [-0.2, 0) is 6.54 Å². The molecule has 4 rings (SSSR count). The molecule has 0 saturated carbocycles. The molecule has 0 fully saturated rings. The maximum Gasteiger partial charge on any atom is 0.0702 e. The van der Waals surface area contributed by atoms with Crippen molar-refractivity contribution in [2.24, 2.45) is 5.10 Å². The van der Waals surface area contributed by atoms with Crippen LogP contribution in [0.1, 0.15) is 24.6 Å². The van der Waals surface area contributed by atoms with Crippen LogP contribution in [0.4, 0.5) is 5.69 Å². The van der Waals surface area contributed by atoms with Gasteiger partial charge in [0, 0.05) is 30.4 Å². The Bertz CT molecular complexity index is 807. The summed E-state index contributed by atoms with van der Waals surface area (Å²) in [5, 5.41) is 7.03. The predicted molar refractivity (Wildman–Crippen MR) is 97.9 cm³/mol.